The Kier molecular flexibility index (Phi) is 8.04. The standard InChI is InChI=1S/C57H36N4/c1-3-15-47-37(9-1)11-5-17-49(47)57(50-18-6-12-38-10-2-4-16-48(38)50,45-29-23-39(24-30-45)51-33-27-43-21-19-41-13-7-35-58-53(41)55(43)60-51)46-31-25-40(26-32-46)52-34-28-44-22-20-42-14-8-36-59-54(42)56(44)61-52/h1-36H. The Labute approximate surface area is 352 Å². The third kappa shape index (κ3) is 5.61. The molecule has 0 aliphatic heterocycles. The molecular formula is C57H36N4. The maximum absolute atomic E-state index is 5.22. The van der Waals surface area contributed by atoms with Crippen LogP contribution < -0.4 is 0 Å². The summed E-state index contributed by atoms with van der Waals surface area (Å²) in [6.45, 7) is 0. The summed E-state index contributed by atoms with van der Waals surface area (Å²) in [7, 11) is 0. The van der Waals surface area contributed by atoms with E-state index in [2.05, 4.69) is 194 Å². The lowest BCUT2D eigenvalue weighted by Gasteiger charge is -2.38. The quantitative estimate of drug-likeness (QED) is 0.125. The zero-order chi connectivity index (χ0) is 40.3. The highest BCUT2D eigenvalue weighted by Crippen LogP contribution is 2.50. The second-order valence-electron chi connectivity index (χ2n) is 15.8. The molecule has 0 spiro atoms. The highest BCUT2D eigenvalue weighted by atomic mass is 14.8. The van der Waals surface area contributed by atoms with Crippen LogP contribution in [0.4, 0.5) is 0 Å². The van der Waals surface area contributed by atoms with E-state index in [1.165, 1.54) is 32.7 Å². The summed E-state index contributed by atoms with van der Waals surface area (Å²) in [5.41, 5.74) is 11.6. The largest absolute Gasteiger partial charge is 0.254 e. The zero-order valence-corrected chi connectivity index (χ0v) is 33.1. The van der Waals surface area contributed by atoms with Gasteiger partial charge in [0.2, 0.25) is 0 Å². The molecule has 8 aromatic carbocycles. The molecule has 0 bridgehead atoms. The summed E-state index contributed by atoms with van der Waals surface area (Å²) in [4.78, 5) is 19.9. The fraction of sp³-hybridized carbons (Fsp3) is 0.0175. The molecule has 284 valence electrons. The van der Waals surface area contributed by atoms with Crippen molar-refractivity contribution in [3.8, 4) is 22.5 Å². The molecule has 61 heavy (non-hydrogen) atoms. The molecule has 12 rings (SSSR count). The molecule has 0 amide bonds. The van der Waals surface area contributed by atoms with Crippen LogP contribution in [0.15, 0.2) is 219 Å². The van der Waals surface area contributed by atoms with Gasteiger partial charge in [-0.25, -0.2) is 9.97 Å². The van der Waals surface area contributed by atoms with Crippen LogP contribution in [0.2, 0.25) is 0 Å². The van der Waals surface area contributed by atoms with Gasteiger partial charge in [-0.05, 0) is 68.1 Å². The van der Waals surface area contributed by atoms with E-state index in [0.29, 0.717) is 0 Å². The lowest BCUT2D eigenvalue weighted by molar-refractivity contribution is 0.760. The average molecular weight is 777 g/mol. The van der Waals surface area contributed by atoms with Gasteiger partial charge in [-0.15, -0.1) is 0 Å². The van der Waals surface area contributed by atoms with Crippen LogP contribution in [-0.2, 0) is 5.41 Å². The number of aromatic nitrogens is 4. The van der Waals surface area contributed by atoms with Gasteiger partial charge in [-0.1, -0.05) is 182 Å². The van der Waals surface area contributed by atoms with Crippen molar-refractivity contribution in [2.24, 2.45) is 0 Å². The Balaban J connectivity index is 1.10. The molecule has 0 fully saturated rings. The van der Waals surface area contributed by atoms with E-state index in [-0.39, 0.29) is 0 Å². The monoisotopic (exact) mass is 776 g/mol. The summed E-state index contributed by atoms with van der Waals surface area (Å²) in [6, 6.07) is 74.3. The van der Waals surface area contributed by atoms with E-state index in [0.717, 1.165) is 77.3 Å². The number of pyridine rings is 4. The molecular weight excluding hydrogens is 741 g/mol. The van der Waals surface area contributed by atoms with Gasteiger partial charge in [0.05, 0.1) is 38.9 Å². The SMILES string of the molecule is c1ccc2c(C(c3ccc(-c4ccc5ccc6cccnc6c5n4)cc3)(c3ccc(-c4ccc5ccc6cccnc6c5n4)cc3)c3cccc4ccccc34)cccc2c1. The summed E-state index contributed by atoms with van der Waals surface area (Å²) in [5.74, 6) is 0. The molecule has 0 saturated carbocycles. The van der Waals surface area contributed by atoms with Crippen LogP contribution in [0.25, 0.3) is 87.7 Å². The molecule has 4 aromatic heterocycles. The van der Waals surface area contributed by atoms with Crippen molar-refractivity contribution in [3.63, 3.8) is 0 Å². The molecule has 0 N–H and O–H groups in total. The lowest BCUT2D eigenvalue weighted by Crippen LogP contribution is -2.31. The fourth-order valence-electron chi connectivity index (χ4n) is 9.59. The molecule has 4 heterocycles. The maximum Gasteiger partial charge on any atom is 0.0972 e. The van der Waals surface area contributed by atoms with Gasteiger partial charge in [0.25, 0.3) is 0 Å². The minimum Gasteiger partial charge on any atom is -0.254 e. The smallest absolute Gasteiger partial charge is 0.0972 e. The topological polar surface area (TPSA) is 51.6 Å². The van der Waals surface area contributed by atoms with Crippen molar-refractivity contribution >= 4 is 65.2 Å². The Morgan fingerprint density at radius 2 is 0.656 bits per heavy atom. The molecule has 12 aromatic rings. The molecule has 0 saturated heterocycles. The Bertz CT molecular complexity index is 3400. The van der Waals surface area contributed by atoms with Gasteiger partial charge in [0, 0.05) is 45.1 Å². The molecule has 0 aliphatic carbocycles. The summed E-state index contributed by atoms with van der Waals surface area (Å²) in [6.07, 6.45) is 3.68. The van der Waals surface area contributed by atoms with Crippen LogP contribution in [0.3, 0.4) is 0 Å². The molecule has 0 unspecified atom stereocenters. The third-order valence-electron chi connectivity index (χ3n) is 12.5. The number of nitrogens with zero attached hydrogens (tertiary/aromatic N) is 4. The van der Waals surface area contributed by atoms with Gasteiger partial charge in [-0.2, -0.15) is 0 Å². The first-order valence-corrected chi connectivity index (χ1v) is 20.7. The first-order valence-electron chi connectivity index (χ1n) is 20.7. The predicted octanol–water partition coefficient (Wildman–Crippen LogP) is 13.9. The maximum atomic E-state index is 5.22. The lowest BCUT2D eigenvalue weighted by atomic mass is 9.63. The second-order valence-corrected chi connectivity index (χ2v) is 15.8. The van der Waals surface area contributed by atoms with E-state index in [9.17, 15) is 0 Å². The Hall–Kier alpha value is -8.08. The normalized spacial score (nSPS) is 11.9. The minimum atomic E-state index is -0.730. The van der Waals surface area contributed by atoms with Gasteiger partial charge in [0.15, 0.2) is 0 Å². The second kappa shape index (κ2) is 14.0. The van der Waals surface area contributed by atoms with Crippen molar-refractivity contribution in [1.82, 2.24) is 19.9 Å². The first kappa shape index (κ1) is 34.9. The van der Waals surface area contributed by atoms with Crippen molar-refractivity contribution in [1.29, 1.82) is 0 Å². The van der Waals surface area contributed by atoms with Crippen molar-refractivity contribution < 1.29 is 0 Å². The molecule has 0 atom stereocenters. The van der Waals surface area contributed by atoms with E-state index >= 15 is 0 Å². The number of hydrogen-bond acceptors (Lipinski definition) is 4. The van der Waals surface area contributed by atoms with Crippen LogP contribution >= 0.6 is 0 Å². The molecule has 4 nitrogen and oxygen atoms in total. The van der Waals surface area contributed by atoms with Crippen molar-refractivity contribution in [3.05, 3.63) is 241 Å². The van der Waals surface area contributed by atoms with E-state index in [4.69, 9.17) is 19.9 Å². The Morgan fingerprint density at radius 3 is 1.11 bits per heavy atom. The van der Waals surface area contributed by atoms with Crippen LogP contribution in [0.1, 0.15) is 22.3 Å². The Morgan fingerprint density at radius 1 is 0.279 bits per heavy atom. The fourth-order valence-corrected chi connectivity index (χ4v) is 9.59. The number of rotatable bonds is 6. The highest BCUT2D eigenvalue weighted by molar-refractivity contribution is 6.04. The van der Waals surface area contributed by atoms with Gasteiger partial charge in [0.1, 0.15) is 0 Å². The highest BCUT2D eigenvalue weighted by Gasteiger charge is 2.40. The van der Waals surface area contributed by atoms with Gasteiger partial charge in [-0.3, -0.25) is 9.97 Å². The van der Waals surface area contributed by atoms with Crippen molar-refractivity contribution in [2.45, 2.75) is 5.41 Å². The van der Waals surface area contributed by atoms with Crippen molar-refractivity contribution in [2.75, 3.05) is 0 Å². The number of fused-ring (bicyclic) bond motifs is 8. The van der Waals surface area contributed by atoms with E-state index in [1.54, 1.807) is 0 Å². The zero-order valence-electron chi connectivity index (χ0n) is 33.1. The van der Waals surface area contributed by atoms with Gasteiger partial charge < -0.3 is 0 Å². The minimum absolute atomic E-state index is 0.730. The molecule has 0 aliphatic rings. The van der Waals surface area contributed by atoms with Crippen LogP contribution in [0.5, 0.6) is 0 Å². The van der Waals surface area contributed by atoms with Gasteiger partial charge >= 0.3 is 0 Å². The van der Waals surface area contributed by atoms with E-state index in [1.807, 2.05) is 24.5 Å². The number of hydrogen-bond donors (Lipinski definition) is 0. The summed E-state index contributed by atoms with van der Waals surface area (Å²) in [5, 5.41) is 9.11. The molecule has 4 heteroatoms. The summed E-state index contributed by atoms with van der Waals surface area (Å²) >= 11 is 0. The predicted molar refractivity (Wildman–Crippen MR) is 252 cm³/mol. The van der Waals surface area contributed by atoms with Crippen LogP contribution in [0, 0.1) is 0 Å². The van der Waals surface area contributed by atoms with Crippen LogP contribution in [-0.4, -0.2) is 19.9 Å². The third-order valence-corrected chi connectivity index (χ3v) is 12.5. The van der Waals surface area contributed by atoms with E-state index < -0.39 is 5.41 Å². The average Bonchev–Trinajstić information content (AvgIpc) is 3.34. The molecule has 0 radical (unpaired) electrons. The first-order chi connectivity index (χ1) is 30.2. The number of benzene rings is 8. The summed E-state index contributed by atoms with van der Waals surface area (Å²) < 4.78 is 0.